The zero-order chi connectivity index (χ0) is 19.6. The van der Waals surface area contributed by atoms with Gasteiger partial charge in [0.05, 0.1) is 27.4 Å². The van der Waals surface area contributed by atoms with Gasteiger partial charge in [-0.3, -0.25) is 4.79 Å². The van der Waals surface area contributed by atoms with Crippen molar-refractivity contribution in [3.63, 3.8) is 0 Å². The molecule has 148 valence electrons. The van der Waals surface area contributed by atoms with Crippen LogP contribution < -0.4 is 24.3 Å². The van der Waals surface area contributed by atoms with Gasteiger partial charge < -0.3 is 18.9 Å². The Balaban J connectivity index is 0.00000392. The minimum atomic E-state index is -0.116. The Kier molecular flexibility index (Phi) is 11.1. The van der Waals surface area contributed by atoms with Gasteiger partial charge in [-0.1, -0.05) is 19.9 Å². The third-order valence-electron chi connectivity index (χ3n) is 3.79. The Hall–Kier alpha value is -1.66. The van der Waals surface area contributed by atoms with E-state index >= 15 is 0 Å². The van der Waals surface area contributed by atoms with Crippen molar-refractivity contribution >= 4 is 38.3 Å². The van der Waals surface area contributed by atoms with E-state index in [1.54, 1.807) is 32.4 Å². The van der Waals surface area contributed by atoms with Crippen molar-refractivity contribution in [3.8, 4) is 23.0 Å². The van der Waals surface area contributed by atoms with E-state index in [0.717, 1.165) is 23.9 Å². The molecule has 0 heterocycles. The molecule has 0 aliphatic heterocycles. The fourth-order valence-corrected chi connectivity index (χ4v) is 3.56. The predicted octanol–water partition coefficient (Wildman–Crippen LogP) is 3.78. The zero-order valence-electron chi connectivity index (χ0n) is 16.3. The van der Waals surface area contributed by atoms with Gasteiger partial charge in [0.1, 0.15) is 28.6 Å². The van der Waals surface area contributed by atoms with E-state index in [9.17, 15) is 4.79 Å². The molecule has 2 aromatic rings. The van der Waals surface area contributed by atoms with Crippen LogP contribution in [0.15, 0.2) is 36.4 Å². The fourth-order valence-electron chi connectivity index (χ4n) is 2.51. The summed E-state index contributed by atoms with van der Waals surface area (Å²) >= 11 is 0. The fraction of sp³-hybridized carbons (Fsp3) is 0.381. The average molecular weight is 398 g/mol. The molecule has 0 fully saturated rings. The first-order chi connectivity index (χ1) is 13.1. The van der Waals surface area contributed by atoms with E-state index in [1.807, 2.05) is 25.1 Å². The van der Waals surface area contributed by atoms with Gasteiger partial charge in [-0.25, -0.2) is 0 Å². The van der Waals surface area contributed by atoms with Gasteiger partial charge in [-0.2, -0.15) is 0 Å². The molecule has 0 aliphatic carbocycles. The summed E-state index contributed by atoms with van der Waals surface area (Å²) in [4.78, 5) is 13.0. The molecule has 0 saturated carbocycles. The molecule has 0 N–H and O–H groups in total. The number of hydrogen-bond acceptors (Lipinski definition) is 5. The van der Waals surface area contributed by atoms with Crippen LogP contribution >= 0.6 is 8.58 Å². The summed E-state index contributed by atoms with van der Waals surface area (Å²) in [6, 6.07) is 11.0. The number of carbonyl (C=O) groups excluding carboxylic acids is 1. The summed E-state index contributed by atoms with van der Waals surface area (Å²) < 4.78 is 22.3. The molecule has 2 rings (SSSR count). The summed E-state index contributed by atoms with van der Waals surface area (Å²) in [6.45, 7) is 5.33. The summed E-state index contributed by atoms with van der Waals surface area (Å²) in [7, 11) is 2.98. The van der Waals surface area contributed by atoms with Gasteiger partial charge in [0, 0.05) is 11.4 Å². The maximum atomic E-state index is 13.0. The third-order valence-corrected chi connectivity index (χ3v) is 4.95. The topological polar surface area (TPSA) is 54.0 Å². The van der Waals surface area contributed by atoms with Crippen LogP contribution in [0.2, 0.25) is 0 Å². The summed E-state index contributed by atoms with van der Waals surface area (Å²) in [5, 5.41) is 0.838. The number of carbonyl (C=O) groups is 1. The molecular weight excluding hydrogens is 370 g/mol. The standard InChI is InChI=1S/C21H27O5P.Li.H/c1-5-12-25-15-10-11-19(18(14-15)26-13-6-2)27-21(22)20-16(23-3)8-7-9-17(20)24-4;;/h7-11,14,27H,5-6,12-13H2,1-4H3;;. The molecule has 5 nitrogen and oxygen atoms in total. The molecule has 1 unspecified atom stereocenters. The molecule has 0 amide bonds. The van der Waals surface area contributed by atoms with Crippen LogP contribution in [-0.2, 0) is 0 Å². The quantitative estimate of drug-likeness (QED) is 0.426. The summed E-state index contributed by atoms with van der Waals surface area (Å²) in [5.74, 6) is 2.45. The Morgan fingerprint density at radius 1 is 0.893 bits per heavy atom. The summed E-state index contributed by atoms with van der Waals surface area (Å²) in [5.41, 5.74) is 0.390. The number of hydrogen-bond donors (Lipinski definition) is 0. The first-order valence-corrected chi connectivity index (χ1v) is 10.1. The molecule has 2 aromatic carbocycles. The number of benzene rings is 2. The summed E-state index contributed by atoms with van der Waals surface area (Å²) in [6.07, 6.45) is 1.82. The van der Waals surface area contributed by atoms with E-state index < -0.39 is 0 Å². The van der Waals surface area contributed by atoms with Crippen molar-refractivity contribution in [2.24, 2.45) is 0 Å². The Morgan fingerprint density at radius 3 is 2.07 bits per heavy atom. The second-order valence-electron chi connectivity index (χ2n) is 5.85. The molecule has 0 bridgehead atoms. The second-order valence-corrected chi connectivity index (χ2v) is 7.09. The average Bonchev–Trinajstić information content (AvgIpc) is 2.70. The van der Waals surface area contributed by atoms with Gasteiger partial charge in [-0.15, -0.1) is 0 Å². The molecule has 0 aliphatic rings. The van der Waals surface area contributed by atoms with Crippen LogP contribution in [-0.4, -0.2) is 51.8 Å². The van der Waals surface area contributed by atoms with Gasteiger partial charge in [0.2, 0.25) is 0 Å². The Morgan fingerprint density at radius 2 is 1.50 bits per heavy atom. The number of ether oxygens (including phenoxy) is 4. The number of rotatable bonds is 11. The van der Waals surface area contributed by atoms with Crippen molar-refractivity contribution in [2.75, 3.05) is 27.4 Å². The molecule has 0 aromatic heterocycles. The van der Waals surface area contributed by atoms with Crippen molar-refractivity contribution < 1.29 is 23.7 Å². The normalized spacial score (nSPS) is 10.4. The van der Waals surface area contributed by atoms with Crippen LogP contribution in [0.3, 0.4) is 0 Å². The number of methoxy groups -OCH3 is 2. The van der Waals surface area contributed by atoms with E-state index in [4.69, 9.17) is 18.9 Å². The maximum absolute atomic E-state index is 13.0. The van der Waals surface area contributed by atoms with Crippen molar-refractivity contribution in [2.45, 2.75) is 26.7 Å². The molecule has 7 heteroatoms. The molecular formula is C21H28LiO5P. The van der Waals surface area contributed by atoms with E-state index in [0.29, 0.717) is 36.0 Å². The first kappa shape index (κ1) is 24.4. The molecule has 0 saturated heterocycles. The van der Waals surface area contributed by atoms with Crippen LogP contribution in [0.1, 0.15) is 37.0 Å². The van der Waals surface area contributed by atoms with Crippen molar-refractivity contribution in [1.82, 2.24) is 0 Å². The third kappa shape index (κ3) is 6.45. The van der Waals surface area contributed by atoms with Gasteiger partial charge in [0.15, 0.2) is 5.52 Å². The minimum absolute atomic E-state index is 0. The molecule has 0 spiro atoms. The molecule has 1 atom stereocenters. The second kappa shape index (κ2) is 12.7. The van der Waals surface area contributed by atoms with E-state index in [2.05, 4.69) is 6.92 Å². The van der Waals surface area contributed by atoms with Gasteiger partial charge >= 0.3 is 18.9 Å². The SMILES string of the molecule is CCCOc1ccc(PC(=O)c2c(OC)cccc2OC)c(OCCC)c1.[LiH]. The monoisotopic (exact) mass is 398 g/mol. The zero-order valence-corrected chi connectivity index (χ0v) is 17.3. The van der Waals surface area contributed by atoms with Crippen molar-refractivity contribution in [3.05, 3.63) is 42.0 Å². The molecule has 28 heavy (non-hydrogen) atoms. The van der Waals surface area contributed by atoms with E-state index in [1.165, 1.54) is 0 Å². The predicted molar refractivity (Wildman–Crippen MR) is 117 cm³/mol. The van der Waals surface area contributed by atoms with Crippen LogP contribution in [0, 0.1) is 0 Å². The van der Waals surface area contributed by atoms with Crippen LogP contribution in [0.5, 0.6) is 23.0 Å². The van der Waals surface area contributed by atoms with Crippen molar-refractivity contribution in [1.29, 1.82) is 0 Å². The van der Waals surface area contributed by atoms with Gasteiger partial charge in [0.25, 0.3) is 0 Å². The van der Waals surface area contributed by atoms with E-state index in [-0.39, 0.29) is 33.0 Å². The molecule has 0 radical (unpaired) electrons. The van der Waals surface area contributed by atoms with Crippen LogP contribution in [0.25, 0.3) is 0 Å². The Labute approximate surface area is 181 Å². The van der Waals surface area contributed by atoms with Crippen LogP contribution in [0.4, 0.5) is 0 Å². The first-order valence-electron chi connectivity index (χ1n) is 9.06. The Bertz CT molecular complexity index is 744. The van der Waals surface area contributed by atoms with Gasteiger partial charge in [-0.05, 0) is 45.7 Å².